The minimum Gasteiger partial charge on any atom is -0.467 e. The van der Waals surface area contributed by atoms with Crippen molar-refractivity contribution in [3.63, 3.8) is 0 Å². The summed E-state index contributed by atoms with van der Waals surface area (Å²) in [5.74, 6) is 0.888. The van der Waals surface area contributed by atoms with Gasteiger partial charge < -0.3 is 14.5 Å². The second-order valence-electron chi connectivity index (χ2n) is 4.76. The average molecular weight is 294 g/mol. The maximum Gasteiger partial charge on any atom is 0.129 e. The summed E-state index contributed by atoms with van der Waals surface area (Å²) in [5, 5.41) is 3.35. The lowest BCUT2D eigenvalue weighted by Gasteiger charge is -2.01. The molecule has 0 bridgehead atoms. The molecule has 0 saturated heterocycles. The maximum atomic E-state index is 5.65. The Bertz CT molecular complexity index is 507. The molecule has 5 heteroatoms. The Labute approximate surface area is 124 Å². The van der Waals surface area contributed by atoms with Crippen LogP contribution in [-0.2, 0) is 24.3 Å². The Balaban J connectivity index is 1.65. The number of ether oxygens (including phenoxy) is 1. The first-order chi connectivity index (χ1) is 9.79. The Morgan fingerprint density at radius 2 is 2.35 bits per heavy atom. The van der Waals surface area contributed by atoms with Gasteiger partial charge >= 0.3 is 0 Å². The van der Waals surface area contributed by atoms with Crippen LogP contribution in [0.15, 0.2) is 22.3 Å². The number of thiazole rings is 1. The molecule has 0 aliphatic heterocycles. The summed E-state index contributed by atoms with van der Waals surface area (Å²) in [5.41, 5.74) is 4.17. The van der Waals surface area contributed by atoms with Gasteiger partial charge in [0.1, 0.15) is 12.4 Å². The third-order valence-electron chi connectivity index (χ3n) is 3.03. The lowest BCUT2D eigenvalue weighted by atomic mass is 10.3. The van der Waals surface area contributed by atoms with E-state index >= 15 is 0 Å². The van der Waals surface area contributed by atoms with Crippen molar-refractivity contribution in [3.8, 4) is 0 Å². The van der Waals surface area contributed by atoms with Gasteiger partial charge in [0, 0.05) is 23.4 Å². The van der Waals surface area contributed by atoms with E-state index in [9.17, 15) is 0 Å². The number of furan rings is 1. The zero-order chi connectivity index (χ0) is 14.2. The van der Waals surface area contributed by atoms with E-state index in [0.717, 1.165) is 37.4 Å². The molecular formula is C15H22N2O2S. The first-order valence-electron chi connectivity index (χ1n) is 7.03. The lowest BCUT2D eigenvalue weighted by Crippen LogP contribution is -2.13. The van der Waals surface area contributed by atoms with Crippen LogP contribution >= 0.6 is 11.3 Å². The van der Waals surface area contributed by atoms with Gasteiger partial charge in [-0.25, -0.2) is 4.98 Å². The number of hydrogen-bond acceptors (Lipinski definition) is 5. The highest BCUT2D eigenvalue weighted by Crippen LogP contribution is 2.13. The van der Waals surface area contributed by atoms with Gasteiger partial charge in [-0.3, -0.25) is 0 Å². The van der Waals surface area contributed by atoms with Crippen molar-refractivity contribution < 1.29 is 9.15 Å². The lowest BCUT2D eigenvalue weighted by molar-refractivity contribution is 0.109. The first kappa shape index (κ1) is 15.2. The molecule has 0 amide bonds. The molecule has 1 N–H and O–H groups in total. The van der Waals surface area contributed by atoms with E-state index in [2.05, 4.69) is 23.3 Å². The van der Waals surface area contributed by atoms with Crippen molar-refractivity contribution in [2.45, 2.75) is 39.8 Å². The van der Waals surface area contributed by atoms with Crippen molar-refractivity contribution in [2.24, 2.45) is 0 Å². The summed E-state index contributed by atoms with van der Waals surface area (Å²) < 4.78 is 11.1. The van der Waals surface area contributed by atoms with Gasteiger partial charge in [0.05, 0.1) is 24.1 Å². The van der Waals surface area contributed by atoms with Gasteiger partial charge in [-0.15, -0.1) is 11.3 Å². The third-order valence-corrected chi connectivity index (χ3v) is 4.02. The standard InChI is InChI=1S/C15H22N2O2S/c1-3-5-16-8-13-7-14(19-9-13)10-18-6-4-15-12(2)17-11-20-15/h7,9,11,16H,3-6,8,10H2,1-2H3. The fourth-order valence-corrected chi connectivity index (χ4v) is 2.67. The molecule has 2 aromatic heterocycles. The van der Waals surface area contributed by atoms with E-state index in [-0.39, 0.29) is 0 Å². The molecule has 0 aliphatic rings. The van der Waals surface area contributed by atoms with Crippen LogP contribution in [0.2, 0.25) is 0 Å². The predicted molar refractivity (Wildman–Crippen MR) is 80.9 cm³/mol. The third kappa shape index (κ3) is 4.74. The molecule has 0 fully saturated rings. The summed E-state index contributed by atoms with van der Waals surface area (Å²) in [4.78, 5) is 5.53. The molecule has 2 heterocycles. The molecule has 110 valence electrons. The average Bonchev–Trinajstić information content (AvgIpc) is 3.05. The van der Waals surface area contributed by atoms with Gasteiger partial charge in [-0.05, 0) is 26.0 Å². The minimum atomic E-state index is 0.533. The normalized spacial score (nSPS) is 11.1. The van der Waals surface area contributed by atoms with Gasteiger partial charge in [0.2, 0.25) is 0 Å². The first-order valence-corrected chi connectivity index (χ1v) is 7.91. The predicted octanol–water partition coefficient (Wildman–Crippen LogP) is 3.30. The zero-order valence-corrected chi connectivity index (χ0v) is 13.0. The fourth-order valence-electron chi connectivity index (χ4n) is 1.91. The van der Waals surface area contributed by atoms with Crippen molar-refractivity contribution in [3.05, 3.63) is 39.7 Å². The quantitative estimate of drug-likeness (QED) is 0.721. The second-order valence-corrected chi connectivity index (χ2v) is 5.70. The van der Waals surface area contributed by atoms with Crippen molar-refractivity contribution >= 4 is 11.3 Å². The molecule has 0 atom stereocenters. The molecule has 0 unspecified atom stereocenters. The van der Waals surface area contributed by atoms with Crippen LogP contribution in [0.4, 0.5) is 0 Å². The number of hydrogen-bond donors (Lipinski definition) is 1. The molecule has 0 spiro atoms. The van der Waals surface area contributed by atoms with E-state index in [0.29, 0.717) is 13.2 Å². The SMILES string of the molecule is CCCNCc1coc(COCCc2scnc2C)c1. The highest BCUT2D eigenvalue weighted by Gasteiger charge is 2.04. The molecule has 0 radical (unpaired) electrons. The summed E-state index contributed by atoms with van der Waals surface area (Å²) >= 11 is 1.69. The summed E-state index contributed by atoms with van der Waals surface area (Å²) in [7, 11) is 0. The van der Waals surface area contributed by atoms with Crippen molar-refractivity contribution in [2.75, 3.05) is 13.2 Å². The number of aromatic nitrogens is 1. The van der Waals surface area contributed by atoms with Crippen LogP contribution < -0.4 is 5.32 Å². The van der Waals surface area contributed by atoms with Crippen LogP contribution in [0.5, 0.6) is 0 Å². The van der Waals surface area contributed by atoms with Gasteiger partial charge in [-0.1, -0.05) is 6.92 Å². The number of aryl methyl sites for hydroxylation is 1. The summed E-state index contributed by atoms with van der Waals surface area (Å²) in [6.45, 7) is 7.32. The smallest absolute Gasteiger partial charge is 0.129 e. The van der Waals surface area contributed by atoms with E-state index in [1.54, 1.807) is 17.6 Å². The topological polar surface area (TPSA) is 47.3 Å². The molecule has 0 aliphatic carbocycles. The van der Waals surface area contributed by atoms with Gasteiger partial charge in [0.15, 0.2) is 0 Å². The maximum absolute atomic E-state index is 5.65. The van der Waals surface area contributed by atoms with Crippen LogP contribution in [0.25, 0.3) is 0 Å². The molecular weight excluding hydrogens is 272 g/mol. The van der Waals surface area contributed by atoms with E-state index in [1.165, 1.54) is 10.4 Å². The molecule has 0 saturated carbocycles. The van der Waals surface area contributed by atoms with Crippen molar-refractivity contribution in [1.29, 1.82) is 0 Å². The van der Waals surface area contributed by atoms with Crippen molar-refractivity contribution in [1.82, 2.24) is 10.3 Å². The van der Waals surface area contributed by atoms with E-state index in [4.69, 9.17) is 9.15 Å². The second kappa shape index (κ2) is 8.19. The van der Waals surface area contributed by atoms with Crippen LogP contribution in [0.1, 0.15) is 35.2 Å². The number of nitrogens with zero attached hydrogens (tertiary/aromatic N) is 1. The van der Waals surface area contributed by atoms with Gasteiger partial charge in [0.25, 0.3) is 0 Å². The Hall–Kier alpha value is -1.17. The fraction of sp³-hybridized carbons (Fsp3) is 0.533. The highest BCUT2D eigenvalue weighted by atomic mass is 32.1. The Morgan fingerprint density at radius 3 is 3.10 bits per heavy atom. The molecule has 2 aromatic rings. The van der Waals surface area contributed by atoms with Crippen LogP contribution in [0, 0.1) is 6.92 Å². The Kier molecular flexibility index (Phi) is 6.24. The van der Waals surface area contributed by atoms with Crippen LogP contribution in [-0.4, -0.2) is 18.1 Å². The monoisotopic (exact) mass is 294 g/mol. The van der Waals surface area contributed by atoms with E-state index < -0.39 is 0 Å². The summed E-state index contributed by atoms with van der Waals surface area (Å²) in [6, 6.07) is 2.06. The molecule has 0 aromatic carbocycles. The number of nitrogens with one attached hydrogen (secondary N) is 1. The summed E-state index contributed by atoms with van der Waals surface area (Å²) in [6.07, 6.45) is 3.86. The Morgan fingerprint density at radius 1 is 1.45 bits per heavy atom. The highest BCUT2D eigenvalue weighted by molar-refractivity contribution is 7.09. The molecule has 2 rings (SSSR count). The van der Waals surface area contributed by atoms with E-state index in [1.807, 2.05) is 12.4 Å². The molecule has 4 nitrogen and oxygen atoms in total. The number of rotatable bonds is 9. The largest absolute Gasteiger partial charge is 0.467 e. The molecule has 20 heavy (non-hydrogen) atoms. The minimum absolute atomic E-state index is 0.533. The van der Waals surface area contributed by atoms with Crippen LogP contribution in [0.3, 0.4) is 0 Å². The zero-order valence-electron chi connectivity index (χ0n) is 12.1. The van der Waals surface area contributed by atoms with Gasteiger partial charge in [-0.2, -0.15) is 0 Å².